The van der Waals surface area contributed by atoms with Gasteiger partial charge in [-0.25, -0.2) is 0 Å². The van der Waals surface area contributed by atoms with E-state index in [9.17, 15) is 14.7 Å². The Morgan fingerprint density at radius 1 is 0.792 bits per heavy atom. The van der Waals surface area contributed by atoms with E-state index in [1.54, 1.807) is 0 Å². The van der Waals surface area contributed by atoms with Gasteiger partial charge in [0.15, 0.2) is 5.78 Å². The number of hydrogen-bond donors (Lipinski definition) is 2. The molecule has 250 valence electrons. The molecule has 2 aliphatic rings. The van der Waals surface area contributed by atoms with E-state index in [0.29, 0.717) is 23.3 Å². The van der Waals surface area contributed by atoms with E-state index in [1.807, 2.05) is 58.8 Å². The van der Waals surface area contributed by atoms with Crippen LogP contribution < -0.4 is 10.2 Å². The summed E-state index contributed by atoms with van der Waals surface area (Å²) in [5.41, 5.74) is 7.04. The number of amides is 1. The second-order valence-corrected chi connectivity index (χ2v) is 17.4. The van der Waals surface area contributed by atoms with Crippen LogP contribution in [0.4, 0.5) is 11.4 Å². The molecule has 2 atom stereocenters. The van der Waals surface area contributed by atoms with Crippen molar-refractivity contribution in [1.29, 1.82) is 0 Å². The maximum absolute atomic E-state index is 14.7. The Labute approximate surface area is 289 Å². The Balaban J connectivity index is 1.61. The number of allylic oxidation sites excluding steroid dienone is 1. The molecule has 3 aromatic carbocycles. The Hall–Kier alpha value is -4.16. The number of fused-ring (bicyclic) bond motifs is 1. The number of nitrogens with one attached hydrogen (secondary N) is 1. The van der Waals surface area contributed by atoms with Gasteiger partial charge in [0, 0.05) is 17.7 Å². The summed E-state index contributed by atoms with van der Waals surface area (Å²) in [6, 6.07) is 23.6. The molecular formula is C42H48N2O3S. The van der Waals surface area contributed by atoms with Gasteiger partial charge >= 0.3 is 0 Å². The smallest absolute Gasteiger partial charge is 0.269 e. The summed E-state index contributed by atoms with van der Waals surface area (Å²) in [4.78, 5) is 31.8. The quantitative estimate of drug-likeness (QED) is 0.229. The molecule has 0 fully saturated rings. The van der Waals surface area contributed by atoms with Crippen molar-refractivity contribution in [1.82, 2.24) is 0 Å². The van der Waals surface area contributed by atoms with Crippen molar-refractivity contribution in [3.63, 3.8) is 0 Å². The van der Waals surface area contributed by atoms with E-state index in [-0.39, 0.29) is 39.6 Å². The lowest BCUT2D eigenvalue weighted by atomic mass is 9.74. The molecule has 2 heterocycles. The number of rotatable bonds is 3. The molecule has 6 rings (SSSR count). The first-order chi connectivity index (χ1) is 22.4. The van der Waals surface area contributed by atoms with E-state index < -0.39 is 6.04 Å². The molecule has 1 aliphatic carbocycles. The van der Waals surface area contributed by atoms with Crippen LogP contribution in [0, 0.1) is 0 Å². The number of nitrogens with zero attached hydrogens (tertiary/aromatic N) is 1. The van der Waals surface area contributed by atoms with Gasteiger partial charge in [-0.1, -0.05) is 105 Å². The first-order valence-corrected chi connectivity index (χ1v) is 17.8. The highest BCUT2D eigenvalue weighted by atomic mass is 32.1. The lowest BCUT2D eigenvalue weighted by molar-refractivity contribution is -0.116. The van der Waals surface area contributed by atoms with Crippen molar-refractivity contribution < 1.29 is 14.7 Å². The summed E-state index contributed by atoms with van der Waals surface area (Å²) in [6.45, 7) is 19.1. The summed E-state index contributed by atoms with van der Waals surface area (Å²) in [6.07, 6.45) is 0.984. The third-order valence-corrected chi connectivity index (χ3v) is 10.6. The standard InChI is InChI=1S/C42H48N2O3S/c1-40(2,3)28-18-16-25(17-19-28)26-23-32-36(34(45)24-26)37(27-21-29(41(4,5)6)38(46)30(22-27)42(7,8)9)44(39(47)35-15-12-20-48-35)33-14-11-10-13-31(33)43-32/h10-22,26,37,43,46H,23-24H2,1-9H3/t26-,37+/m1/s1. The lowest BCUT2D eigenvalue weighted by Crippen LogP contribution is -2.38. The molecule has 1 amide bonds. The van der Waals surface area contributed by atoms with Crippen LogP contribution in [0.5, 0.6) is 5.75 Å². The zero-order valence-corrected chi connectivity index (χ0v) is 30.5. The van der Waals surface area contributed by atoms with E-state index in [1.165, 1.54) is 16.9 Å². The van der Waals surface area contributed by atoms with E-state index in [0.717, 1.165) is 39.3 Å². The van der Waals surface area contributed by atoms with Crippen LogP contribution >= 0.6 is 11.3 Å². The van der Waals surface area contributed by atoms with Gasteiger partial charge in [-0.2, -0.15) is 0 Å². The van der Waals surface area contributed by atoms with E-state index >= 15 is 0 Å². The second kappa shape index (κ2) is 12.1. The zero-order chi connectivity index (χ0) is 34.8. The average Bonchev–Trinajstić information content (AvgIpc) is 3.50. The molecule has 2 N–H and O–H groups in total. The number of phenolic OH excluding ortho intramolecular Hbond substituents is 1. The van der Waals surface area contributed by atoms with Crippen LogP contribution in [0.3, 0.4) is 0 Å². The molecule has 0 spiro atoms. The number of carbonyl (C=O) groups excluding carboxylic acids is 2. The predicted molar refractivity (Wildman–Crippen MR) is 199 cm³/mol. The van der Waals surface area contributed by atoms with Gasteiger partial charge < -0.3 is 10.4 Å². The summed E-state index contributed by atoms with van der Waals surface area (Å²) in [7, 11) is 0. The number of benzene rings is 3. The van der Waals surface area contributed by atoms with Gasteiger partial charge in [0.25, 0.3) is 5.91 Å². The first kappa shape index (κ1) is 33.7. The average molecular weight is 661 g/mol. The highest BCUT2D eigenvalue weighted by molar-refractivity contribution is 7.12. The second-order valence-electron chi connectivity index (χ2n) is 16.5. The van der Waals surface area contributed by atoms with Crippen molar-refractivity contribution in [3.05, 3.63) is 122 Å². The Morgan fingerprint density at radius 3 is 1.98 bits per heavy atom. The molecule has 6 heteroatoms. The number of phenols is 1. The molecule has 0 bridgehead atoms. The molecular weight excluding hydrogens is 613 g/mol. The molecule has 0 saturated carbocycles. The minimum Gasteiger partial charge on any atom is -0.507 e. The number of ketones is 1. The van der Waals surface area contributed by atoms with Gasteiger partial charge in [-0.3, -0.25) is 14.5 Å². The summed E-state index contributed by atoms with van der Waals surface area (Å²) >= 11 is 1.40. The van der Waals surface area contributed by atoms with Crippen LogP contribution in [0.25, 0.3) is 0 Å². The predicted octanol–water partition coefficient (Wildman–Crippen LogP) is 10.6. The van der Waals surface area contributed by atoms with Gasteiger partial charge in [-0.05, 0) is 92.1 Å². The van der Waals surface area contributed by atoms with Crippen molar-refractivity contribution >= 4 is 34.4 Å². The fourth-order valence-electron chi connectivity index (χ4n) is 7.10. The number of anilines is 2. The van der Waals surface area contributed by atoms with Crippen LogP contribution in [0.2, 0.25) is 0 Å². The molecule has 0 saturated heterocycles. The molecule has 1 aliphatic heterocycles. The van der Waals surface area contributed by atoms with Crippen LogP contribution in [0.1, 0.15) is 125 Å². The number of hydrogen-bond acceptors (Lipinski definition) is 5. The number of para-hydroxylation sites is 2. The molecule has 1 aromatic heterocycles. The molecule has 0 radical (unpaired) electrons. The SMILES string of the molecule is CC(C)(C)c1ccc([C@H]2CC(=O)C3=C(C2)Nc2ccccc2N(C(=O)c2cccs2)[C@H]3c2cc(C(C)(C)C)c(O)c(C(C)(C)C)c2)cc1. The van der Waals surface area contributed by atoms with Gasteiger partial charge in [0.05, 0.1) is 22.3 Å². The highest BCUT2D eigenvalue weighted by Gasteiger charge is 2.43. The monoisotopic (exact) mass is 660 g/mol. The van der Waals surface area contributed by atoms with Crippen molar-refractivity contribution in [2.45, 2.75) is 103 Å². The third kappa shape index (κ3) is 6.23. The first-order valence-electron chi connectivity index (χ1n) is 16.9. The fraction of sp³-hybridized carbons (Fsp3) is 0.381. The zero-order valence-electron chi connectivity index (χ0n) is 29.7. The van der Waals surface area contributed by atoms with Gasteiger partial charge in [-0.15, -0.1) is 11.3 Å². The van der Waals surface area contributed by atoms with Crippen LogP contribution in [0.15, 0.2) is 89.4 Å². The largest absolute Gasteiger partial charge is 0.507 e. The highest BCUT2D eigenvalue weighted by Crippen LogP contribution is 2.50. The Kier molecular flexibility index (Phi) is 8.48. The number of carbonyl (C=O) groups is 2. The van der Waals surface area contributed by atoms with Crippen LogP contribution in [-0.4, -0.2) is 16.8 Å². The summed E-state index contributed by atoms with van der Waals surface area (Å²) in [5, 5.41) is 17.3. The summed E-state index contributed by atoms with van der Waals surface area (Å²) in [5.74, 6) is 0.136. The third-order valence-electron chi connectivity index (χ3n) is 9.75. The normalized spacial score (nSPS) is 18.6. The fourth-order valence-corrected chi connectivity index (χ4v) is 7.76. The Bertz CT molecular complexity index is 1860. The molecule has 5 nitrogen and oxygen atoms in total. The number of aromatic hydroxyl groups is 1. The van der Waals surface area contributed by atoms with Crippen LogP contribution in [-0.2, 0) is 21.0 Å². The van der Waals surface area contributed by atoms with E-state index in [2.05, 4.69) is 91.9 Å². The van der Waals surface area contributed by atoms with E-state index in [4.69, 9.17) is 0 Å². The lowest BCUT2D eigenvalue weighted by Gasteiger charge is -2.37. The van der Waals surface area contributed by atoms with Crippen molar-refractivity contribution in [2.75, 3.05) is 10.2 Å². The Morgan fingerprint density at radius 2 is 1.42 bits per heavy atom. The van der Waals surface area contributed by atoms with Crippen molar-refractivity contribution in [3.8, 4) is 5.75 Å². The molecule has 4 aromatic rings. The minimum atomic E-state index is -0.703. The van der Waals surface area contributed by atoms with Gasteiger partial charge in [0.1, 0.15) is 5.75 Å². The van der Waals surface area contributed by atoms with Gasteiger partial charge in [0.2, 0.25) is 0 Å². The minimum absolute atomic E-state index is 0.000202. The van der Waals surface area contributed by atoms with Crippen molar-refractivity contribution in [2.24, 2.45) is 0 Å². The maximum Gasteiger partial charge on any atom is 0.269 e. The maximum atomic E-state index is 14.7. The molecule has 48 heavy (non-hydrogen) atoms. The number of thiophene rings is 1. The molecule has 0 unspecified atom stereocenters. The summed E-state index contributed by atoms with van der Waals surface area (Å²) < 4.78 is 0. The number of Topliss-reactive ketones (excluding diaryl/α,β-unsaturated/α-hetero) is 1. The topological polar surface area (TPSA) is 69.6 Å².